The normalized spacial score (nSPS) is 10.6. The Hall–Kier alpha value is -1.85. The van der Waals surface area contributed by atoms with Gasteiger partial charge in [0.15, 0.2) is 11.0 Å². The van der Waals surface area contributed by atoms with Crippen LogP contribution in [0.2, 0.25) is 0 Å². The lowest BCUT2D eigenvalue weighted by molar-refractivity contribution is -0.671. The molecule has 122 valence electrons. The summed E-state index contributed by atoms with van der Waals surface area (Å²) in [6.07, 6.45) is 0. The van der Waals surface area contributed by atoms with Crippen LogP contribution in [0.25, 0.3) is 11.0 Å². The van der Waals surface area contributed by atoms with E-state index in [2.05, 4.69) is 52.5 Å². The van der Waals surface area contributed by atoms with E-state index in [-0.39, 0.29) is 17.0 Å². The molecule has 0 aliphatic rings. The van der Waals surface area contributed by atoms with Crippen LogP contribution in [0.3, 0.4) is 0 Å². The summed E-state index contributed by atoms with van der Waals surface area (Å²) >= 11 is 0. The molecule has 0 amide bonds. The summed E-state index contributed by atoms with van der Waals surface area (Å²) in [4.78, 5) is 0. The molecule has 4 nitrogen and oxygen atoms in total. The number of benzene rings is 2. The maximum absolute atomic E-state index is 6.04. The first-order valence-electron chi connectivity index (χ1n) is 7.61. The standard InChI is InChI=1S/C18H22N3O.BrH/c1-3-20-17-11-15(22-2)9-10-16(17)21(18(20)12-19)13-14-7-5-4-6-8-14;/h4-11H,3,12-13,19H2,1-2H3;1H/q+1;/p-1. The molecule has 5 heteroatoms. The minimum absolute atomic E-state index is 0. The summed E-state index contributed by atoms with van der Waals surface area (Å²) in [5.74, 6) is 2.00. The lowest BCUT2D eigenvalue weighted by atomic mass is 10.2. The minimum Gasteiger partial charge on any atom is -1.00 e. The van der Waals surface area contributed by atoms with Crippen molar-refractivity contribution in [3.8, 4) is 5.75 Å². The van der Waals surface area contributed by atoms with Crippen molar-refractivity contribution in [2.24, 2.45) is 5.73 Å². The van der Waals surface area contributed by atoms with E-state index in [0.717, 1.165) is 24.7 Å². The molecule has 0 aliphatic heterocycles. The average Bonchev–Trinajstić information content (AvgIpc) is 2.87. The van der Waals surface area contributed by atoms with Gasteiger partial charge in [-0.05, 0) is 24.6 Å². The highest BCUT2D eigenvalue weighted by Gasteiger charge is 2.23. The summed E-state index contributed by atoms with van der Waals surface area (Å²) in [6.45, 7) is 4.36. The van der Waals surface area contributed by atoms with Gasteiger partial charge in [-0.1, -0.05) is 30.3 Å². The molecule has 0 aliphatic carbocycles. The predicted molar refractivity (Wildman–Crippen MR) is 87.8 cm³/mol. The number of halogens is 1. The highest BCUT2D eigenvalue weighted by Crippen LogP contribution is 2.21. The third-order valence-electron chi connectivity index (χ3n) is 4.07. The average molecular weight is 376 g/mol. The van der Waals surface area contributed by atoms with E-state index < -0.39 is 0 Å². The second-order valence-corrected chi connectivity index (χ2v) is 5.29. The third-order valence-corrected chi connectivity index (χ3v) is 4.07. The predicted octanol–water partition coefficient (Wildman–Crippen LogP) is -0.532. The van der Waals surface area contributed by atoms with E-state index in [1.54, 1.807) is 7.11 Å². The Balaban J connectivity index is 0.00000192. The molecule has 0 bridgehead atoms. The molecule has 0 saturated heterocycles. The number of nitrogens with zero attached hydrogens (tertiary/aromatic N) is 2. The Morgan fingerprint density at radius 2 is 1.87 bits per heavy atom. The fourth-order valence-electron chi connectivity index (χ4n) is 3.01. The number of aryl methyl sites for hydroxylation is 1. The quantitative estimate of drug-likeness (QED) is 0.609. The fraction of sp³-hybridized carbons (Fsp3) is 0.278. The van der Waals surface area contributed by atoms with Crippen LogP contribution in [0.1, 0.15) is 18.3 Å². The minimum atomic E-state index is 0. The van der Waals surface area contributed by atoms with Crippen LogP contribution in [-0.2, 0) is 19.6 Å². The first-order chi connectivity index (χ1) is 10.8. The van der Waals surface area contributed by atoms with Gasteiger partial charge in [0.2, 0.25) is 0 Å². The SMILES string of the molecule is CCn1c(CN)[n+](Cc2ccccc2)c2ccc(OC)cc21.[Br-]. The van der Waals surface area contributed by atoms with Crippen molar-refractivity contribution in [3.05, 3.63) is 59.9 Å². The molecule has 0 unspecified atom stereocenters. The molecule has 3 rings (SSSR count). The van der Waals surface area contributed by atoms with Crippen molar-refractivity contribution < 1.29 is 26.3 Å². The molecule has 1 heterocycles. The molecular formula is C18H22BrN3O. The largest absolute Gasteiger partial charge is 1.00 e. The lowest BCUT2D eigenvalue weighted by Gasteiger charge is -2.03. The summed E-state index contributed by atoms with van der Waals surface area (Å²) < 4.78 is 9.93. The molecule has 0 fully saturated rings. The van der Waals surface area contributed by atoms with Gasteiger partial charge in [0, 0.05) is 6.07 Å². The molecule has 1 aromatic heterocycles. The van der Waals surface area contributed by atoms with Crippen LogP contribution < -0.4 is 32.0 Å². The Bertz CT molecular complexity index is 784. The van der Waals surface area contributed by atoms with Crippen LogP contribution in [0, 0.1) is 0 Å². The van der Waals surface area contributed by atoms with Crippen LogP contribution in [0.4, 0.5) is 0 Å². The van der Waals surface area contributed by atoms with Gasteiger partial charge < -0.3 is 27.5 Å². The number of methoxy groups -OCH3 is 1. The number of imidazole rings is 1. The van der Waals surface area contributed by atoms with Gasteiger partial charge in [-0.2, -0.15) is 0 Å². The number of fused-ring (bicyclic) bond motifs is 1. The van der Waals surface area contributed by atoms with E-state index in [0.29, 0.717) is 6.54 Å². The lowest BCUT2D eigenvalue weighted by Crippen LogP contribution is -3.00. The van der Waals surface area contributed by atoms with E-state index >= 15 is 0 Å². The first-order valence-corrected chi connectivity index (χ1v) is 7.61. The Morgan fingerprint density at radius 3 is 2.48 bits per heavy atom. The van der Waals surface area contributed by atoms with Crippen LogP contribution in [0.15, 0.2) is 48.5 Å². The Morgan fingerprint density at radius 1 is 1.13 bits per heavy atom. The zero-order valence-electron chi connectivity index (χ0n) is 13.5. The first kappa shape index (κ1) is 17.5. The van der Waals surface area contributed by atoms with Crippen molar-refractivity contribution in [1.29, 1.82) is 0 Å². The summed E-state index contributed by atoms with van der Waals surface area (Å²) in [6, 6.07) is 16.7. The number of hydrogen-bond acceptors (Lipinski definition) is 2. The zero-order chi connectivity index (χ0) is 15.5. The smallest absolute Gasteiger partial charge is 0.271 e. The zero-order valence-corrected chi connectivity index (χ0v) is 15.1. The molecular weight excluding hydrogens is 354 g/mol. The summed E-state index contributed by atoms with van der Waals surface area (Å²) in [5, 5.41) is 0. The number of rotatable bonds is 5. The molecule has 0 saturated carbocycles. The van der Waals surface area contributed by atoms with E-state index in [1.807, 2.05) is 12.1 Å². The van der Waals surface area contributed by atoms with Crippen LogP contribution in [0.5, 0.6) is 5.75 Å². The highest BCUT2D eigenvalue weighted by molar-refractivity contribution is 5.74. The molecule has 0 spiro atoms. The maximum Gasteiger partial charge on any atom is 0.271 e. The molecule has 3 aromatic rings. The Kier molecular flexibility index (Phi) is 5.80. The van der Waals surface area contributed by atoms with E-state index in [4.69, 9.17) is 10.5 Å². The van der Waals surface area contributed by atoms with Crippen molar-refractivity contribution >= 4 is 11.0 Å². The summed E-state index contributed by atoms with van der Waals surface area (Å²) in [7, 11) is 1.70. The summed E-state index contributed by atoms with van der Waals surface area (Å²) in [5.41, 5.74) is 9.67. The van der Waals surface area contributed by atoms with Gasteiger partial charge in [0.05, 0.1) is 20.2 Å². The topological polar surface area (TPSA) is 44.1 Å². The van der Waals surface area contributed by atoms with Crippen LogP contribution in [-0.4, -0.2) is 11.7 Å². The van der Waals surface area contributed by atoms with E-state index in [9.17, 15) is 0 Å². The van der Waals surface area contributed by atoms with Crippen LogP contribution >= 0.6 is 0 Å². The van der Waals surface area contributed by atoms with Gasteiger partial charge in [-0.15, -0.1) is 0 Å². The number of nitrogens with two attached hydrogens (primary N) is 1. The number of ether oxygens (including phenoxy) is 1. The second-order valence-electron chi connectivity index (χ2n) is 5.29. The van der Waals surface area contributed by atoms with Crippen molar-refractivity contribution in [1.82, 2.24) is 4.57 Å². The monoisotopic (exact) mass is 375 g/mol. The van der Waals surface area contributed by atoms with Gasteiger partial charge in [0.25, 0.3) is 5.82 Å². The highest BCUT2D eigenvalue weighted by atomic mass is 79.9. The van der Waals surface area contributed by atoms with E-state index in [1.165, 1.54) is 16.6 Å². The van der Waals surface area contributed by atoms with Gasteiger partial charge in [-0.3, -0.25) is 0 Å². The van der Waals surface area contributed by atoms with Crippen molar-refractivity contribution in [3.63, 3.8) is 0 Å². The molecule has 23 heavy (non-hydrogen) atoms. The third kappa shape index (κ3) is 3.26. The van der Waals surface area contributed by atoms with Gasteiger partial charge in [0.1, 0.15) is 12.3 Å². The second kappa shape index (κ2) is 7.62. The molecule has 2 N–H and O–H groups in total. The van der Waals surface area contributed by atoms with Crippen molar-refractivity contribution in [2.75, 3.05) is 7.11 Å². The van der Waals surface area contributed by atoms with Crippen molar-refractivity contribution in [2.45, 2.75) is 26.6 Å². The number of aromatic nitrogens is 2. The fourth-order valence-corrected chi connectivity index (χ4v) is 3.01. The molecule has 0 radical (unpaired) electrons. The maximum atomic E-state index is 6.04. The molecule has 0 atom stereocenters. The van der Waals surface area contributed by atoms with Gasteiger partial charge >= 0.3 is 0 Å². The Labute approximate surface area is 147 Å². The van der Waals surface area contributed by atoms with Gasteiger partial charge in [-0.25, -0.2) is 9.13 Å². The number of hydrogen-bond donors (Lipinski definition) is 1. The molecule has 2 aromatic carbocycles.